The molecule has 2 rings (SSSR count). The van der Waals surface area contributed by atoms with Gasteiger partial charge >= 0.3 is 0 Å². The zero-order chi connectivity index (χ0) is 14.7. The van der Waals surface area contributed by atoms with E-state index in [0.29, 0.717) is 23.2 Å². The first-order valence-corrected chi connectivity index (χ1v) is 7.10. The van der Waals surface area contributed by atoms with Crippen LogP contribution < -0.4 is 5.32 Å². The Morgan fingerprint density at radius 1 is 1.40 bits per heavy atom. The number of halogens is 1. The quantitative estimate of drug-likeness (QED) is 0.831. The molecule has 0 aliphatic heterocycles. The van der Waals surface area contributed by atoms with Crippen molar-refractivity contribution in [2.45, 2.75) is 39.3 Å². The topological polar surface area (TPSA) is 64.9 Å². The first-order valence-electron chi connectivity index (χ1n) is 6.72. The fourth-order valence-corrected chi connectivity index (χ4v) is 2.18. The summed E-state index contributed by atoms with van der Waals surface area (Å²) < 4.78 is 7.14. The number of imidazole rings is 1. The molecule has 6 nitrogen and oxygen atoms in total. The molecule has 0 radical (unpaired) electrons. The van der Waals surface area contributed by atoms with Crippen molar-refractivity contribution in [3.63, 3.8) is 0 Å². The number of ether oxygens (including phenoxy) is 1. The number of nitrogens with zero attached hydrogens (tertiary/aromatic N) is 4. The van der Waals surface area contributed by atoms with Crippen LogP contribution in [0.1, 0.15) is 33.2 Å². The molecule has 0 spiro atoms. The minimum atomic E-state index is 0.156. The van der Waals surface area contributed by atoms with Gasteiger partial charge in [0.25, 0.3) is 0 Å². The predicted octanol–water partition coefficient (Wildman–Crippen LogP) is 2.90. The van der Waals surface area contributed by atoms with E-state index in [1.165, 1.54) is 0 Å². The summed E-state index contributed by atoms with van der Waals surface area (Å²) in [6.07, 6.45) is 2.66. The molecule has 0 unspecified atom stereocenters. The third-order valence-corrected chi connectivity index (χ3v) is 3.39. The average Bonchev–Trinajstić information content (AvgIpc) is 2.82. The Morgan fingerprint density at radius 2 is 2.15 bits per heavy atom. The first kappa shape index (κ1) is 15.0. The maximum absolute atomic E-state index is 6.19. The Balaban J connectivity index is 2.37. The van der Waals surface area contributed by atoms with Crippen molar-refractivity contribution in [2.75, 3.05) is 19.0 Å². The normalized spacial score (nSPS) is 13.1. The zero-order valence-electron chi connectivity index (χ0n) is 12.2. The highest BCUT2D eigenvalue weighted by Crippen LogP contribution is 2.23. The summed E-state index contributed by atoms with van der Waals surface area (Å²) in [5.41, 5.74) is 1.38. The van der Waals surface area contributed by atoms with Gasteiger partial charge in [0.2, 0.25) is 5.95 Å². The average molecular weight is 298 g/mol. The lowest BCUT2D eigenvalue weighted by molar-refractivity contribution is 0.184. The van der Waals surface area contributed by atoms with Crippen molar-refractivity contribution in [3.8, 4) is 0 Å². The maximum atomic E-state index is 6.19. The van der Waals surface area contributed by atoms with E-state index in [-0.39, 0.29) is 12.1 Å². The van der Waals surface area contributed by atoms with Gasteiger partial charge in [-0.15, -0.1) is 0 Å². The molecule has 20 heavy (non-hydrogen) atoms. The number of hydrogen-bond acceptors (Lipinski definition) is 5. The molecule has 0 aliphatic rings. The van der Waals surface area contributed by atoms with Crippen LogP contribution in [0.5, 0.6) is 0 Å². The molecule has 0 aromatic carbocycles. The molecule has 1 atom stereocenters. The van der Waals surface area contributed by atoms with Gasteiger partial charge in [0.15, 0.2) is 10.8 Å². The number of hydrogen-bond donors (Lipinski definition) is 1. The SMILES string of the molecule is CC[C@H](COC)Nc1nc(Cl)c2ncn(C(C)C)c2n1. The standard InChI is InChI=1S/C13H20ClN5O/c1-5-9(6-20-4)16-13-17-11(14)10-12(18-13)19(7-15-10)8(2)3/h7-9H,5-6H2,1-4H3,(H,16,17,18)/t9-/m1/s1. The van der Waals surface area contributed by atoms with Gasteiger partial charge in [-0.1, -0.05) is 18.5 Å². The zero-order valence-corrected chi connectivity index (χ0v) is 13.0. The van der Waals surface area contributed by atoms with E-state index in [2.05, 4.69) is 41.0 Å². The number of anilines is 1. The van der Waals surface area contributed by atoms with Crippen LogP contribution in [0.15, 0.2) is 6.33 Å². The Morgan fingerprint density at radius 3 is 2.75 bits per heavy atom. The summed E-state index contributed by atoms with van der Waals surface area (Å²) in [6, 6.07) is 0.420. The second-order valence-electron chi connectivity index (χ2n) is 4.96. The van der Waals surface area contributed by atoms with Gasteiger partial charge in [0.05, 0.1) is 19.0 Å². The smallest absolute Gasteiger partial charge is 0.226 e. The van der Waals surface area contributed by atoms with Crippen LogP contribution in [-0.2, 0) is 4.74 Å². The number of aromatic nitrogens is 4. The number of methoxy groups -OCH3 is 1. The lowest BCUT2D eigenvalue weighted by atomic mass is 10.2. The van der Waals surface area contributed by atoms with E-state index in [1.807, 2.05) is 4.57 Å². The molecule has 110 valence electrons. The van der Waals surface area contributed by atoms with Crippen molar-refractivity contribution < 1.29 is 4.74 Å². The van der Waals surface area contributed by atoms with Gasteiger partial charge in [-0.25, -0.2) is 4.98 Å². The third-order valence-electron chi connectivity index (χ3n) is 3.13. The molecule has 0 aliphatic carbocycles. The van der Waals surface area contributed by atoms with E-state index >= 15 is 0 Å². The summed E-state index contributed by atoms with van der Waals surface area (Å²) in [4.78, 5) is 13.1. The Hall–Kier alpha value is -1.40. The minimum Gasteiger partial charge on any atom is -0.383 e. The minimum absolute atomic E-state index is 0.156. The van der Waals surface area contributed by atoms with Gasteiger partial charge in [0.1, 0.15) is 5.52 Å². The Kier molecular flexibility index (Phi) is 4.77. The van der Waals surface area contributed by atoms with Crippen molar-refractivity contribution in [1.82, 2.24) is 19.5 Å². The number of fused-ring (bicyclic) bond motifs is 1. The number of nitrogens with one attached hydrogen (secondary N) is 1. The number of rotatable bonds is 6. The van der Waals surface area contributed by atoms with Crippen molar-refractivity contribution in [2.24, 2.45) is 0 Å². The summed E-state index contributed by atoms with van der Waals surface area (Å²) in [5.74, 6) is 0.508. The second-order valence-corrected chi connectivity index (χ2v) is 5.32. The fourth-order valence-electron chi connectivity index (χ4n) is 1.97. The molecule has 1 N–H and O–H groups in total. The van der Waals surface area contributed by atoms with E-state index in [0.717, 1.165) is 12.1 Å². The lowest BCUT2D eigenvalue weighted by Crippen LogP contribution is -2.25. The van der Waals surface area contributed by atoms with E-state index in [4.69, 9.17) is 16.3 Å². The Bertz CT molecular complexity index is 583. The van der Waals surface area contributed by atoms with Crippen molar-refractivity contribution in [1.29, 1.82) is 0 Å². The lowest BCUT2D eigenvalue weighted by Gasteiger charge is -2.16. The van der Waals surface area contributed by atoms with Crippen LogP contribution in [0.3, 0.4) is 0 Å². The van der Waals surface area contributed by atoms with E-state index < -0.39 is 0 Å². The summed E-state index contributed by atoms with van der Waals surface area (Å²) >= 11 is 6.19. The monoisotopic (exact) mass is 297 g/mol. The first-order chi connectivity index (χ1) is 9.56. The molecular formula is C13H20ClN5O. The van der Waals surface area contributed by atoms with Crippen LogP contribution in [0.2, 0.25) is 5.15 Å². The predicted molar refractivity (Wildman–Crippen MR) is 80.3 cm³/mol. The highest BCUT2D eigenvalue weighted by atomic mass is 35.5. The van der Waals surface area contributed by atoms with Crippen molar-refractivity contribution >= 4 is 28.7 Å². The van der Waals surface area contributed by atoms with Crippen LogP contribution in [0.25, 0.3) is 11.2 Å². The van der Waals surface area contributed by atoms with Crippen LogP contribution in [-0.4, -0.2) is 39.3 Å². The maximum Gasteiger partial charge on any atom is 0.226 e. The van der Waals surface area contributed by atoms with Crippen LogP contribution >= 0.6 is 11.6 Å². The van der Waals surface area contributed by atoms with Gasteiger partial charge < -0.3 is 14.6 Å². The van der Waals surface area contributed by atoms with E-state index in [9.17, 15) is 0 Å². The summed E-state index contributed by atoms with van der Waals surface area (Å²) in [7, 11) is 1.68. The molecule has 2 aromatic rings. The van der Waals surface area contributed by atoms with Crippen LogP contribution in [0.4, 0.5) is 5.95 Å². The molecule has 0 saturated heterocycles. The van der Waals surface area contributed by atoms with Gasteiger partial charge in [-0.3, -0.25) is 0 Å². The molecule has 0 fully saturated rings. The van der Waals surface area contributed by atoms with Gasteiger partial charge in [-0.05, 0) is 20.3 Å². The molecule has 0 saturated carbocycles. The molecule has 0 amide bonds. The molecule has 0 bridgehead atoms. The summed E-state index contributed by atoms with van der Waals surface area (Å²) in [6.45, 7) is 6.82. The highest BCUT2D eigenvalue weighted by Gasteiger charge is 2.15. The van der Waals surface area contributed by atoms with Gasteiger partial charge in [0, 0.05) is 13.2 Å². The highest BCUT2D eigenvalue weighted by molar-refractivity contribution is 6.33. The molecular weight excluding hydrogens is 278 g/mol. The molecule has 2 heterocycles. The molecule has 2 aromatic heterocycles. The van der Waals surface area contributed by atoms with Gasteiger partial charge in [-0.2, -0.15) is 9.97 Å². The van der Waals surface area contributed by atoms with E-state index in [1.54, 1.807) is 13.4 Å². The van der Waals surface area contributed by atoms with Crippen LogP contribution in [0, 0.1) is 0 Å². The summed E-state index contributed by atoms with van der Waals surface area (Å²) in [5, 5.41) is 3.61. The third kappa shape index (κ3) is 3.02. The second kappa shape index (κ2) is 6.37. The molecule has 7 heteroatoms. The van der Waals surface area contributed by atoms with Crippen molar-refractivity contribution in [3.05, 3.63) is 11.5 Å². The Labute approximate surface area is 123 Å². The fraction of sp³-hybridized carbons (Fsp3) is 0.615. The largest absolute Gasteiger partial charge is 0.383 e.